The largest absolute Gasteiger partial charge is 0.481 e. The summed E-state index contributed by atoms with van der Waals surface area (Å²) in [4.78, 5) is 16.7. The number of aromatic nitrogens is 1. The van der Waals surface area contributed by atoms with Crippen molar-refractivity contribution in [2.45, 2.75) is 9.79 Å². The maximum Gasteiger partial charge on any atom is 0.336 e. The van der Waals surface area contributed by atoms with E-state index in [0.29, 0.717) is 16.3 Å². The number of methoxy groups -OCH3 is 1. The molecule has 18 heavy (non-hydrogen) atoms. The molecule has 1 N–H and O–H groups in total. The fraction of sp³-hybridized carbons (Fsp3) is 0.0769. The molecule has 0 bridgehead atoms. The molecule has 1 heterocycles. The van der Waals surface area contributed by atoms with Gasteiger partial charge >= 0.3 is 5.97 Å². The molecule has 0 aliphatic heterocycles. The van der Waals surface area contributed by atoms with E-state index >= 15 is 0 Å². The number of nitrogens with zero attached hydrogens (tertiary/aromatic N) is 1. The van der Waals surface area contributed by atoms with Crippen LogP contribution >= 0.6 is 11.8 Å². The number of carboxylic acid groups (broad SMARTS) is 1. The van der Waals surface area contributed by atoms with Crippen molar-refractivity contribution in [1.82, 2.24) is 4.98 Å². The van der Waals surface area contributed by atoms with Crippen molar-refractivity contribution in [3.05, 3.63) is 48.2 Å². The smallest absolute Gasteiger partial charge is 0.336 e. The van der Waals surface area contributed by atoms with Crippen LogP contribution in [0.4, 0.5) is 0 Å². The highest BCUT2D eigenvalue weighted by atomic mass is 32.2. The topological polar surface area (TPSA) is 59.4 Å². The second-order valence-corrected chi connectivity index (χ2v) is 4.55. The molecule has 0 saturated carbocycles. The zero-order chi connectivity index (χ0) is 13.0. The van der Waals surface area contributed by atoms with Crippen molar-refractivity contribution in [3.63, 3.8) is 0 Å². The minimum absolute atomic E-state index is 0.290. The molecule has 0 saturated heterocycles. The van der Waals surface area contributed by atoms with Crippen LogP contribution in [0.25, 0.3) is 0 Å². The number of carboxylic acids is 1. The van der Waals surface area contributed by atoms with Crippen LogP contribution < -0.4 is 4.74 Å². The third-order valence-corrected chi connectivity index (χ3v) is 3.33. The fourth-order valence-corrected chi connectivity index (χ4v) is 2.38. The molecular weight excluding hydrogens is 250 g/mol. The van der Waals surface area contributed by atoms with E-state index in [1.807, 2.05) is 12.1 Å². The zero-order valence-corrected chi connectivity index (χ0v) is 10.5. The number of ether oxygens (including phenoxy) is 1. The molecule has 5 heteroatoms. The first-order valence-corrected chi connectivity index (χ1v) is 6.02. The average molecular weight is 261 g/mol. The Morgan fingerprint density at radius 1 is 1.33 bits per heavy atom. The van der Waals surface area contributed by atoms with Gasteiger partial charge in [0.05, 0.1) is 12.7 Å². The minimum atomic E-state index is -0.931. The van der Waals surface area contributed by atoms with Gasteiger partial charge in [-0.2, -0.15) is 0 Å². The number of hydrogen-bond acceptors (Lipinski definition) is 4. The molecule has 0 radical (unpaired) electrons. The summed E-state index contributed by atoms with van der Waals surface area (Å²) in [6, 6.07) is 10.5. The standard InChI is InChI=1S/C13H11NO3S/c1-17-12-8-9(6-7-14-12)18-11-5-3-2-4-10(11)13(15)16/h2-8H,1H3,(H,15,16). The fourth-order valence-electron chi connectivity index (χ4n) is 1.43. The summed E-state index contributed by atoms with van der Waals surface area (Å²) in [6.45, 7) is 0. The van der Waals surface area contributed by atoms with Gasteiger partial charge in [0, 0.05) is 22.1 Å². The Hall–Kier alpha value is -2.01. The normalized spacial score (nSPS) is 10.1. The second kappa shape index (κ2) is 5.55. The van der Waals surface area contributed by atoms with E-state index < -0.39 is 5.97 Å². The van der Waals surface area contributed by atoms with Crippen LogP contribution in [0, 0.1) is 0 Å². The summed E-state index contributed by atoms with van der Waals surface area (Å²) in [5.74, 6) is -0.424. The van der Waals surface area contributed by atoms with E-state index in [1.54, 1.807) is 37.6 Å². The molecule has 2 rings (SSSR count). The molecule has 92 valence electrons. The number of carbonyl (C=O) groups is 1. The summed E-state index contributed by atoms with van der Waals surface area (Å²) < 4.78 is 5.03. The number of aromatic carboxylic acids is 1. The molecular formula is C13H11NO3S. The monoisotopic (exact) mass is 261 g/mol. The Balaban J connectivity index is 2.31. The van der Waals surface area contributed by atoms with Gasteiger partial charge in [-0.1, -0.05) is 23.9 Å². The maximum atomic E-state index is 11.1. The van der Waals surface area contributed by atoms with Gasteiger partial charge in [-0.3, -0.25) is 0 Å². The van der Waals surface area contributed by atoms with E-state index in [2.05, 4.69) is 4.98 Å². The molecule has 4 nitrogen and oxygen atoms in total. The minimum Gasteiger partial charge on any atom is -0.481 e. The number of benzene rings is 1. The van der Waals surface area contributed by atoms with Crippen LogP contribution in [-0.2, 0) is 0 Å². The highest BCUT2D eigenvalue weighted by Crippen LogP contribution is 2.31. The predicted octanol–water partition coefficient (Wildman–Crippen LogP) is 2.94. The van der Waals surface area contributed by atoms with Crippen LogP contribution in [-0.4, -0.2) is 23.2 Å². The lowest BCUT2D eigenvalue weighted by Crippen LogP contribution is -1.98. The van der Waals surface area contributed by atoms with Crippen molar-refractivity contribution in [2.24, 2.45) is 0 Å². The highest BCUT2D eigenvalue weighted by Gasteiger charge is 2.10. The lowest BCUT2D eigenvalue weighted by Gasteiger charge is -2.06. The third kappa shape index (κ3) is 2.81. The van der Waals surface area contributed by atoms with E-state index in [9.17, 15) is 4.79 Å². The lowest BCUT2D eigenvalue weighted by molar-refractivity contribution is 0.0693. The Bertz CT molecular complexity index is 572. The van der Waals surface area contributed by atoms with Gasteiger partial charge in [-0.25, -0.2) is 9.78 Å². The summed E-state index contributed by atoms with van der Waals surface area (Å²) in [7, 11) is 1.54. The Morgan fingerprint density at radius 3 is 2.83 bits per heavy atom. The first-order chi connectivity index (χ1) is 8.70. The van der Waals surface area contributed by atoms with Gasteiger partial charge in [-0.05, 0) is 18.2 Å². The van der Waals surface area contributed by atoms with Crippen LogP contribution in [0.3, 0.4) is 0 Å². The van der Waals surface area contributed by atoms with Crippen molar-refractivity contribution >= 4 is 17.7 Å². The third-order valence-electron chi connectivity index (χ3n) is 2.26. The number of pyridine rings is 1. The van der Waals surface area contributed by atoms with E-state index in [0.717, 1.165) is 4.90 Å². The summed E-state index contributed by atoms with van der Waals surface area (Å²) in [5, 5.41) is 9.09. The molecule has 1 aromatic heterocycles. The predicted molar refractivity (Wildman–Crippen MR) is 68.3 cm³/mol. The molecule has 0 fully saturated rings. The van der Waals surface area contributed by atoms with Crippen molar-refractivity contribution in [3.8, 4) is 5.88 Å². The summed E-state index contributed by atoms with van der Waals surface area (Å²) in [5.41, 5.74) is 0.290. The molecule has 0 amide bonds. The van der Waals surface area contributed by atoms with Crippen LogP contribution in [0.2, 0.25) is 0 Å². The van der Waals surface area contributed by atoms with E-state index in [1.165, 1.54) is 11.8 Å². The number of rotatable bonds is 4. The Labute approximate surface area is 109 Å². The number of hydrogen-bond donors (Lipinski definition) is 1. The van der Waals surface area contributed by atoms with Crippen LogP contribution in [0.1, 0.15) is 10.4 Å². The molecule has 0 aliphatic carbocycles. The van der Waals surface area contributed by atoms with Crippen molar-refractivity contribution in [1.29, 1.82) is 0 Å². The van der Waals surface area contributed by atoms with E-state index in [-0.39, 0.29) is 0 Å². The van der Waals surface area contributed by atoms with Crippen LogP contribution in [0.5, 0.6) is 5.88 Å². The van der Waals surface area contributed by atoms with Gasteiger partial charge in [0.2, 0.25) is 5.88 Å². The molecule has 0 unspecified atom stereocenters. The lowest BCUT2D eigenvalue weighted by atomic mass is 10.2. The van der Waals surface area contributed by atoms with Gasteiger partial charge < -0.3 is 9.84 Å². The molecule has 0 atom stereocenters. The first-order valence-electron chi connectivity index (χ1n) is 5.21. The summed E-state index contributed by atoms with van der Waals surface area (Å²) in [6.07, 6.45) is 1.63. The summed E-state index contributed by atoms with van der Waals surface area (Å²) >= 11 is 1.37. The molecule has 0 aliphatic rings. The van der Waals surface area contributed by atoms with Crippen LogP contribution in [0.15, 0.2) is 52.4 Å². The van der Waals surface area contributed by atoms with Gasteiger partial charge in [0.15, 0.2) is 0 Å². The van der Waals surface area contributed by atoms with E-state index in [4.69, 9.17) is 9.84 Å². The van der Waals surface area contributed by atoms with Gasteiger partial charge in [0.25, 0.3) is 0 Å². The molecule has 0 spiro atoms. The average Bonchev–Trinajstić information content (AvgIpc) is 2.39. The SMILES string of the molecule is COc1cc(Sc2ccccc2C(=O)O)ccn1. The Morgan fingerprint density at radius 2 is 2.11 bits per heavy atom. The zero-order valence-electron chi connectivity index (χ0n) is 9.66. The maximum absolute atomic E-state index is 11.1. The van der Waals surface area contributed by atoms with Gasteiger partial charge in [0.1, 0.15) is 0 Å². The van der Waals surface area contributed by atoms with Crippen molar-refractivity contribution in [2.75, 3.05) is 7.11 Å². The first kappa shape index (κ1) is 12.4. The quantitative estimate of drug-likeness (QED) is 0.917. The van der Waals surface area contributed by atoms with Gasteiger partial charge in [-0.15, -0.1) is 0 Å². The molecule has 1 aromatic carbocycles. The second-order valence-electron chi connectivity index (χ2n) is 3.44. The van der Waals surface area contributed by atoms with Crippen molar-refractivity contribution < 1.29 is 14.6 Å². The molecule has 2 aromatic rings. The Kier molecular flexibility index (Phi) is 3.84. The highest BCUT2D eigenvalue weighted by molar-refractivity contribution is 7.99.